The summed E-state index contributed by atoms with van der Waals surface area (Å²) in [5.74, 6) is 1.20. The number of hydrogen-bond donors (Lipinski definition) is 2. The molecule has 0 saturated carbocycles. The van der Waals surface area contributed by atoms with Crippen LogP contribution in [0.25, 0.3) is 0 Å². The van der Waals surface area contributed by atoms with Gasteiger partial charge in [0.05, 0.1) is 4.90 Å². The van der Waals surface area contributed by atoms with Gasteiger partial charge >= 0.3 is 0 Å². The van der Waals surface area contributed by atoms with Gasteiger partial charge in [-0.25, -0.2) is 13.1 Å². The SMILES string of the molecule is Cc1ccc(C)c(S(=O)(=O)NCCC(=O)NCC(C)(C)c2ccc3c(c2)OCO3)c1. The van der Waals surface area contributed by atoms with Crippen LogP contribution in [0, 0.1) is 13.8 Å². The number of aryl methyl sites for hydroxylation is 2. The smallest absolute Gasteiger partial charge is 0.240 e. The van der Waals surface area contributed by atoms with Crippen LogP contribution < -0.4 is 19.5 Å². The van der Waals surface area contributed by atoms with Gasteiger partial charge in [-0.05, 0) is 48.7 Å². The lowest BCUT2D eigenvalue weighted by molar-refractivity contribution is -0.121. The molecule has 0 spiro atoms. The van der Waals surface area contributed by atoms with Crippen molar-refractivity contribution in [1.29, 1.82) is 0 Å². The number of carbonyl (C=O) groups is 1. The molecule has 30 heavy (non-hydrogen) atoms. The molecule has 0 unspecified atom stereocenters. The normalized spacial score (nSPS) is 13.3. The predicted molar refractivity (Wildman–Crippen MR) is 114 cm³/mol. The summed E-state index contributed by atoms with van der Waals surface area (Å²) in [7, 11) is -3.66. The number of rotatable bonds is 8. The summed E-state index contributed by atoms with van der Waals surface area (Å²) < 4.78 is 38.3. The van der Waals surface area contributed by atoms with Gasteiger partial charge in [0.1, 0.15) is 0 Å². The molecule has 2 aromatic carbocycles. The molecule has 0 aliphatic carbocycles. The van der Waals surface area contributed by atoms with Crippen molar-refractivity contribution in [3.05, 3.63) is 53.1 Å². The lowest BCUT2D eigenvalue weighted by Gasteiger charge is -2.26. The van der Waals surface area contributed by atoms with Crippen molar-refractivity contribution in [1.82, 2.24) is 10.0 Å². The van der Waals surface area contributed by atoms with Gasteiger partial charge in [-0.15, -0.1) is 0 Å². The second-order valence-electron chi connectivity index (χ2n) is 8.15. The number of hydrogen-bond acceptors (Lipinski definition) is 5. The van der Waals surface area contributed by atoms with Gasteiger partial charge in [0.2, 0.25) is 22.7 Å². The zero-order chi connectivity index (χ0) is 21.9. The van der Waals surface area contributed by atoms with E-state index in [1.165, 1.54) is 0 Å². The highest BCUT2D eigenvalue weighted by atomic mass is 32.2. The van der Waals surface area contributed by atoms with E-state index >= 15 is 0 Å². The van der Waals surface area contributed by atoms with Crippen molar-refractivity contribution in [3.63, 3.8) is 0 Å². The van der Waals surface area contributed by atoms with Crippen molar-refractivity contribution in [2.45, 2.75) is 44.4 Å². The Kier molecular flexibility index (Phi) is 6.38. The Morgan fingerprint density at radius 2 is 1.80 bits per heavy atom. The minimum Gasteiger partial charge on any atom is -0.454 e. The molecular weight excluding hydrogens is 404 g/mol. The fourth-order valence-electron chi connectivity index (χ4n) is 3.20. The first-order valence-electron chi connectivity index (χ1n) is 9.82. The summed E-state index contributed by atoms with van der Waals surface area (Å²) in [4.78, 5) is 12.5. The van der Waals surface area contributed by atoms with E-state index in [0.717, 1.165) is 16.9 Å². The van der Waals surface area contributed by atoms with Crippen molar-refractivity contribution in [3.8, 4) is 11.5 Å². The highest BCUT2D eigenvalue weighted by Gasteiger charge is 2.25. The third-order valence-electron chi connectivity index (χ3n) is 5.16. The van der Waals surface area contributed by atoms with E-state index in [0.29, 0.717) is 17.9 Å². The van der Waals surface area contributed by atoms with Gasteiger partial charge in [0.25, 0.3) is 0 Å². The van der Waals surface area contributed by atoms with Gasteiger partial charge in [0.15, 0.2) is 11.5 Å². The highest BCUT2D eigenvalue weighted by Crippen LogP contribution is 2.36. The maximum atomic E-state index is 12.5. The number of benzene rings is 2. The average molecular weight is 433 g/mol. The number of ether oxygens (including phenoxy) is 2. The number of sulfonamides is 1. The molecule has 2 N–H and O–H groups in total. The van der Waals surface area contributed by atoms with Gasteiger partial charge in [-0.1, -0.05) is 32.0 Å². The van der Waals surface area contributed by atoms with E-state index in [9.17, 15) is 13.2 Å². The van der Waals surface area contributed by atoms with Gasteiger partial charge in [-0.2, -0.15) is 0 Å². The Labute approximate surface area is 177 Å². The van der Waals surface area contributed by atoms with Crippen LogP contribution in [0.4, 0.5) is 0 Å². The van der Waals surface area contributed by atoms with Crippen LogP contribution in [0.15, 0.2) is 41.3 Å². The van der Waals surface area contributed by atoms with Crippen LogP contribution in [-0.4, -0.2) is 34.2 Å². The van der Waals surface area contributed by atoms with Gasteiger partial charge in [-0.3, -0.25) is 4.79 Å². The maximum absolute atomic E-state index is 12.5. The Bertz CT molecular complexity index is 1050. The Morgan fingerprint density at radius 1 is 1.07 bits per heavy atom. The van der Waals surface area contributed by atoms with Gasteiger partial charge in [0, 0.05) is 24.9 Å². The molecular formula is C22H28N2O5S. The molecule has 1 amide bonds. The number of fused-ring (bicyclic) bond motifs is 1. The molecule has 0 radical (unpaired) electrons. The zero-order valence-electron chi connectivity index (χ0n) is 17.7. The quantitative estimate of drug-likeness (QED) is 0.669. The predicted octanol–water partition coefficient (Wildman–Crippen LogP) is 2.79. The number of amides is 1. The van der Waals surface area contributed by atoms with Crippen molar-refractivity contribution in [2.75, 3.05) is 19.9 Å². The van der Waals surface area contributed by atoms with E-state index in [-0.39, 0.29) is 36.0 Å². The first-order chi connectivity index (χ1) is 14.1. The van der Waals surface area contributed by atoms with Crippen LogP contribution >= 0.6 is 0 Å². The van der Waals surface area contributed by atoms with Gasteiger partial charge < -0.3 is 14.8 Å². The Balaban J connectivity index is 1.51. The summed E-state index contributed by atoms with van der Waals surface area (Å²) in [5.41, 5.74) is 2.23. The summed E-state index contributed by atoms with van der Waals surface area (Å²) in [6, 6.07) is 11.0. The minimum absolute atomic E-state index is 0.0337. The fourth-order valence-corrected chi connectivity index (χ4v) is 4.56. The standard InChI is InChI=1S/C22H28N2O5S/c1-15-5-6-16(2)20(11-15)30(26,27)24-10-9-21(25)23-13-22(3,4)17-7-8-18-19(12-17)29-14-28-18/h5-8,11-12,24H,9-10,13-14H2,1-4H3,(H,23,25). The van der Waals surface area contributed by atoms with Crippen molar-refractivity contribution in [2.24, 2.45) is 0 Å². The molecule has 0 bridgehead atoms. The third kappa shape index (κ3) is 5.12. The van der Waals surface area contributed by atoms with E-state index in [1.54, 1.807) is 19.1 Å². The monoisotopic (exact) mass is 432 g/mol. The van der Waals surface area contributed by atoms with Crippen molar-refractivity contribution >= 4 is 15.9 Å². The molecule has 8 heteroatoms. The summed E-state index contributed by atoms with van der Waals surface area (Å²) >= 11 is 0. The molecule has 3 rings (SSSR count). The number of nitrogens with one attached hydrogen (secondary N) is 2. The second kappa shape index (κ2) is 8.65. The lowest BCUT2D eigenvalue weighted by Crippen LogP contribution is -2.38. The molecule has 0 atom stereocenters. The lowest BCUT2D eigenvalue weighted by atomic mass is 9.84. The summed E-state index contributed by atoms with van der Waals surface area (Å²) in [6.07, 6.45) is 0.0569. The average Bonchev–Trinajstić information content (AvgIpc) is 3.16. The second-order valence-corrected chi connectivity index (χ2v) is 9.88. The fraction of sp³-hybridized carbons (Fsp3) is 0.409. The van der Waals surface area contributed by atoms with E-state index in [4.69, 9.17) is 9.47 Å². The van der Waals surface area contributed by atoms with Crippen LogP contribution in [-0.2, 0) is 20.2 Å². The maximum Gasteiger partial charge on any atom is 0.240 e. The molecule has 1 aliphatic heterocycles. The molecule has 2 aromatic rings. The Hall–Kier alpha value is -2.58. The van der Waals surface area contributed by atoms with E-state index in [2.05, 4.69) is 10.0 Å². The third-order valence-corrected chi connectivity index (χ3v) is 6.76. The van der Waals surface area contributed by atoms with E-state index in [1.807, 2.05) is 45.0 Å². The van der Waals surface area contributed by atoms with Crippen LogP contribution in [0.1, 0.15) is 37.0 Å². The molecule has 0 aromatic heterocycles. The number of carbonyl (C=O) groups excluding carboxylic acids is 1. The summed E-state index contributed by atoms with van der Waals surface area (Å²) in [5, 5.41) is 2.89. The highest BCUT2D eigenvalue weighted by molar-refractivity contribution is 7.89. The molecule has 0 saturated heterocycles. The molecule has 1 heterocycles. The largest absolute Gasteiger partial charge is 0.454 e. The van der Waals surface area contributed by atoms with Crippen LogP contribution in [0.5, 0.6) is 11.5 Å². The molecule has 1 aliphatic rings. The zero-order valence-corrected chi connectivity index (χ0v) is 18.6. The van der Waals surface area contributed by atoms with Crippen LogP contribution in [0.2, 0.25) is 0 Å². The topological polar surface area (TPSA) is 93.7 Å². The first-order valence-corrected chi connectivity index (χ1v) is 11.3. The summed E-state index contributed by atoms with van der Waals surface area (Å²) in [6.45, 7) is 8.30. The molecule has 0 fully saturated rings. The molecule has 162 valence electrons. The Morgan fingerprint density at radius 3 is 2.57 bits per heavy atom. The van der Waals surface area contributed by atoms with E-state index < -0.39 is 10.0 Å². The van der Waals surface area contributed by atoms with Crippen molar-refractivity contribution < 1.29 is 22.7 Å². The molecule has 7 nitrogen and oxygen atoms in total. The van der Waals surface area contributed by atoms with Crippen LogP contribution in [0.3, 0.4) is 0 Å². The minimum atomic E-state index is -3.66. The first kappa shape index (κ1) is 22.1.